The topological polar surface area (TPSA) is 85.5 Å². The number of halogens is 2. The number of allylic oxidation sites excluding steroid dienone is 1. The van der Waals surface area contributed by atoms with Crippen molar-refractivity contribution in [2.45, 2.75) is 45.6 Å². The van der Waals surface area contributed by atoms with Crippen molar-refractivity contribution >= 4 is 23.0 Å². The maximum Gasteiger partial charge on any atom is 0.307 e. The van der Waals surface area contributed by atoms with Gasteiger partial charge in [-0.1, -0.05) is 24.8 Å². The first-order valence-electron chi connectivity index (χ1n) is 15.2. The Bertz CT molecular complexity index is 1790. The Balaban J connectivity index is 1.56. The van der Waals surface area contributed by atoms with E-state index in [2.05, 4.69) is 18.4 Å². The van der Waals surface area contributed by atoms with Crippen LogP contribution in [0.15, 0.2) is 49.2 Å². The Labute approximate surface area is 260 Å². The van der Waals surface area contributed by atoms with Crippen LogP contribution in [0.1, 0.15) is 43.4 Å². The van der Waals surface area contributed by atoms with Crippen molar-refractivity contribution in [3.63, 3.8) is 0 Å². The molecule has 10 heteroatoms. The zero-order chi connectivity index (χ0) is 31.9. The summed E-state index contributed by atoms with van der Waals surface area (Å²) in [5.74, 6) is -1.90. The Morgan fingerprint density at radius 1 is 1.07 bits per heavy atom. The number of aliphatic carboxylic acids is 1. The minimum atomic E-state index is -1.00. The second kappa shape index (κ2) is 12.3. The number of carboxylic acids is 1. The molecule has 236 valence electrons. The largest absolute Gasteiger partial charge is 0.490 e. The van der Waals surface area contributed by atoms with Gasteiger partial charge in [0.1, 0.15) is 23.8 Å². The fourth-order valence-corrected chi connectivity index (χ4v) is 6.42. The Hall–Kier alpha value is -4.28. The molecule has 7 rings (SSSR count). The lowest BCUT2D eigenvalue weighted by Crippen LogP contribution is -2.45. The molecule has 0 unspecified atom stereocenters. The molecule has 5 heterocycles. The molecule has 0 atom stereocenters. The van der Waals surface area contributed by atoms with Crippen LogP contribution in [-0.2, 0) is 20.7 Å². The van der Waals surface area contributed by atoms with Gasteiger partial charge in [-0.2, -0.15) is 0 Å². The maximum absolute atomic E-state index is 14.5. The first-order valence-corrected chi connectivity index (χ1v) is 15.2. The van der Waals surface area contributed by atoms with Crippen LogP contribution in [0.3, 0.4) is 0 Å². The second-order valence-electron chi connectivity index (χ2n) is 12.1. The number of pyridine rings is 1. The molecule has 1 fully saturated rings. The molecular formula is C35H37F2N3O5. The van der Waals surface area contributed by atoms with Crippen LogP contribution in [0.5, 0.6) is 5.75 Å². The average Bonchev–Trinajstić information content (AvgIpc) is 3.43. The van der Waals surface area contributed by atoms with Crippen LogP contribution in [-0.4, -0.2) is 65.6 Å². The van der Waals surface area contributed by atoms with Crippen LogP contribution >= 0.6 is 0 Å². The van der Waals surface area contributed by atoms with Gasteiger partial charge in [-0.05, 0) is 62.4 Å². The number of hydrogen-bond acceptors (Lipinski definition) is 6. The molecule has 1 N–H and O–H groups in total. The number of carbonyl (C=O) groups is 1. The number of nitrogens with zero attached hydrogens (tertiary/aromatic N) is 3. The highest BCUT2D eigenvalue weighted by atomic mass is 19.2. The Morgan fingerprint density at radius 2 is 1.78 bits per heavy atom. The van der Waals surface area contributed by atoms with E-state index >= 15 is 0 Å². The maximum atomic E-state index is 14.5. The number of imidazole rings is 1. The number of aromatic nitrogens is 2. The predicted octanol–water partition coefficient (Wildman–Crippen LogP) is 6.70. The molecule has 0 saturated carbocycles. The predicted molar refractivity (Wildman–Crippen MR) is 169 cm³/mol. The third-order valence-electron chi connectivity index (χ3n) is 8.79. The fourth-order valence-electron chi connectivity index (χ4n) is 6.42. The molecule has 0 amide bonds. The molecular weight excluding hydrogens is 580 g/mol. The minimum absolute atomic E-state index is 0.152. The molecule has 0 radical (unpaired) electrons. The number of anilines is 1. The quantitative estimate of drug-likeness (QED) is 0.256. The zero-order valence-electron chi connectivity index (χ0n) is 25.8. The molecule has 2 aromatic carbocycles. The average molecular weight is 618 g/mol. The third kappa shape index (κ3) is 6.04. The lowest BCUT2D eigenvalue weighted by atomic mass is 9.92. The lowest BCUT2D eigenvalue weighted by Gasteiger charge is -2.41. The van der Waals surface area contributed by atoms with Crippen molar-refractivity contribution in [2.24, 2.45) is 0 Å². The van der Waals surface area contributed by atoms with Crippen molar-refractivity contribution in [1.82, 2.24) is 9.38 Å². The van der Waals surface area contributed by atoms with E-state index in [1.807, 2.05) is 48.7 Å². The molecule has 6 bridgehead atoms. The van der Waals surface area contributed by atoms with E-state index in [4.69, 9.17) is 19.2 Å². The summed E-state index contributed by atoms with van der Waals surface area (Å²) in [5, 5.41) is 9.97. The van der Waals surface area contributed by atoms with Crippen LogP contribution in [0.2, 0.25) is 0 Å². The molecule has 3 aliphatic rings. The van der Waals surface area contributed by atoms with Crippen molar-refractivity contribution in [3.05, 3.63) is 77.5 Å². The summed E-state index contributed by atoms with van der Waals surface area (Å²) in [4.78, 5) is 19.5. The van der Waals surface area contributed by atoms with Crippen LogP contribution in [0.25, 0.3) is 33.6 Å². The summed E-state index contributed by atoms with van der Waals surface area (Å²) in [7, 11) is 0. The summed E-state index contributed by atoms with van der Waals surface area (Å²) in [6, 6.07) is 9.61. The van der Waals surface area contributed by atoms with Crippen LogP contribution in [0, 0.1) is 18.6 Å². The fraction of sp³-hybridized carbons (Fsp3) is 0.371. The number of carboxylic acid groups (broad SMARTS) is 1. The van der Waals surface area contributed by atoms with Gasteiger partial charge in [-0.3, -0.25) is 9.20 Å². The monoisotopic (exact) mass is 617 g/mol. The molecule has 2 aromatic heterocycles. The SMILES string of the molecule is C=C(C)c1c(C)c(CC(=O)O)c2n3cc(nc13)-c1cccc(c1)-c1cc(F)c(F)cc1OCCOCCOC1(C)CCN2CC1. The lowest BCUT2D eigenvalue weighted by molar-refractivity contribution is -0.136. The molecule has 0 spiro atoms. The van der Waals surface area contributed by atoms with E-state index in [1.165, 1.54) is 0 Å². The smallest absolute Gasteiger partial charge is 0.307 e. The Morgan fingerprint density at radius 3 is 2.51 bits per heavy atom. The van der Waals surface area contributed by atoms with Gasteiger partial charge >= 0.3 is 5.97 Å². The first-order chi connectivity index (χ1) is 21.5. The third-order valence-corrected chi connectivity index (χ3v) is 8.79. The van der Waals surface area contributed by atoms with Crippen LogP contribution in [0.4, 0.5) is 14.6 Å². The molecule has 8 nitrogen and oxygen atoms in total. The number of ether oxygens (including phenoxy) is 3. The number of hydrogen-bond donors (Lipinski definition) is 1. The summed E-state index contributed by atoms with van der Waals surface area (Å²) in [5.41, 5.74) is 5.86. The van der Waals surface area contributed by atoms with E-state index in [0.29, 0.717) is 54.3 Å². The summed E-state index contributed by atoms with van der Waals surface area (Å²) in [6.45, 7) is 12.6. The van der Waals surface area contributed by atoms with E-state index in [9.17, 15) is 18.7 Å². The van der Waals surface area contributed by atoms with Gasteiger partial charge in [0.15, 0.2) is 11.6 Å². The highest BCUT2D eigenvalue weighted by molar-refractivity contribution is 5.85. The zero-order valence-corrected chi connectivity index (χ0v) is 25.8. The van der Waals surface area contributed by atoms with Gasteiger partial charge in [-0.25, -0.2) is 13.8 Å². The molecule has 4 aromatic rings. The molecule has 3 aliphatic heterocycles. The Kier molecular flexibility index (Phi) is 8.37. The first kappa shape index (κ1) is 30.7. The van der Waals surface area contributed by atoms with E-state index in [0.717, 1.165) is 53.1 Å². The van der Waals surface area contributed by atoms with Gasteiger partial charge in [-0.15, -0.1) is 0 Å². The second-order valence-corrected chi connectivity index (χ2v) is 12.1. The molecule has 45 heavy (non-hydrogen) atoms. The van der Waals surface area contributed by atoms with E-state index < -0.39 is 17.6 Å². The van der Waals surface area contributed by atoms with Gasteiger partial charge in [0, 0.05) is 47.6 Å². The van der Waals surface area contributed by atoms with Crippen molar-refractivity contribution in [1.29, 1.82) is 0 Å². The van der Waals surface area contributed by atoms with Crippen molar-refractivity contribution in [3.8, 4) is 28.1 Å². The molecule has 0 aliphatic carbocycles. The van der Waals surface area contributed by atoms with E-state index in [-0.39, 0.29) is 31.0 Å². The summed E-state index contributed by atoms with van der Waals surface area (Å²) in [6.07, 6.45) is 3.26. The van der Waals surface area contributed by atoms with Crippen LogP contribution < -0.4 is 9.64 Å². The summed E-state index contributed by atoms with van der Waals surface area (Å²) >= 11 is 0. The van der Waals surface area contributed by atoms with E-state index in [1.54, 1.807) is 0 Å². The number of piperidine rings is 1. The number of benzene rings is 2. The summed E-state index contributed by atoms with van der Waals surface area (Å²) < 4.78 is 48.7. The number of fused-ring (bicyclic) bond motifs is 8. The molecule has 1 saturated heterocycles. The van der Waals surface area contributed by atoms with Gasteiger partial charge < -0.3 is 24.2 Å². The minimum Gasteiger partial charge on any atom is -0.490 e. The van der Waals surface area contributed by atoms with Gasteiger partial charge in [0.25, 0.3) is 0 Å². The highest BCUT2D eigenvalue weighted by Gasteiger charge is 2.34. The number of rotatable bonds is 3. The standard InChI is InChI=1S/C35H37F2N3O5/c1-21(2)32-22(3)25(18-31(41)42)34-39-10-8-35(4,9-11-39)45-15-13-43-12-14-44-30-19-28(37)27(36)17-26(30)23-6-5-7-24(16-23)29-20-40(34)33(32)38-29/h5-7,16-17,19-20H,1,8-15,18H2,2-4H3,(H,41,42). The van der Waals surface area contributed by atoms with Gasteiger partial charge in [0.2, 0.25) is 0 Å². The normalized spacial score (nSPS) is 16.8. The highest BCUT2D eigenvalue weighted by Crippen LogP contribution is 2.39. The van der Waals surface area contributed by atoms with Crippen molar-refractivity contribution in [2.75, 3.05) is 44.4 Å². The van der Waals surface area contributed by atoms with Crippen molar-refractivity contribution < 1.29 is 32.9 Å². The van der Waals surface area contributed by atoms with Gasteiger partial charge in [0.05, 0.1) is 37.5 Å².